The zero-order valence-electron chi connectivity index (χ0n) is 12.3. The second kappa shape index (κ2) is 5.52. The summed E-state index contributed by atoms with van der Waals surface area (Å²) in [5, 5.41) is 10.0. The van der Waals surface area contributed by atoms with Crippen molar-refractivity contribution in [2.75, 3.05) is 13.2 Å². The van der Waals surface area contributed by atoms with E-state index in [1.165, 1.54) is 11.0 Å². The van der Waals surface area contributed by atoms with Crippen LogP contribution in [0.1, 0.15) is 26.3 Å². The van der Waals surface area contributed by atoms with Crippen molar-refractivity contribution in [1.82, 2.24) is 4.90 Å². The lowest BCUT2D eigenvalue weighted by molar-refractivity contribution is 0.0225. The Labute approximate surface area is 123 Å². The molecule has 0 unspecified atom stereocenters. The van der Waals surface area contributed by atoms with Gasteiger partial charge in [-0.05, 0) is 32.9 Å². The van der Waals surface area contributed by atoms with E-state index >= 15 is 0 Å². The SMILES string of the molecule is [C-]#[N+]c1cc(O)c2c(c1)OCCN(C(=O)OC(C)(C)C)C2. The summed E-state index contributed by atoms with van der Waals surface area (Å²) < 4.78 is 10.9. The molecule has 1 aromatic rings. The van der Waals surface area contributed by atoms with Gasteiger partial charge in [0.1, 0.15) is 23.7 Å². The Hall–Kier alpha value is -2.42. The molecule has 0 bridgehead atoms. The lowest BCUT2D eigenvalue weighted by atomic mass is 10.1. The lowest BCUT2D eigenvalue weighted by Crippen LogP contribution is -2.37. The van der Waals surface area contributed by atoms with Crippen molar-refractivity contribution >= 4 is 11.8 Å². The smallest absolute Gasteiger partial charge is 0.410 e. The Morgan fingerprint density at radius 3 is 2.81 bits per heavy atom. The molecule has 1 amide bonds. The number of carbonyl (C=O) groups is 1. The molecule has 0 saturated heterocycles. The molecule has 21 heavy (non-hydrogen) atoms. The van der Waals surface area contributed by atoms with E-state index < -0.39 is 11.7 Å². The molecule has 1 aliphatic rings. The predicted octanol–water partition coefficient (Wildman–Crippen LogP) is 3.07. The number of phenols is 1. The molecule has 6 nitrogen and oxygen atoms in total. The van der Waals surface area contributed by atoms with Gasteiger partial charge in [-0.1, -0.05) is 0 Å². The fourth-order valence-electron chi connectivity index (χ4n) is 1.99. The average Bonchev–Trinajstić information content (AvgIpc) is 2.59. The van der Waals surface area contributed by atoms with Crippen molar-refractivity contribution < 1.29 is 19.4 Å². The molecule has 1 aromatic carbocycles. The number of hydrogen-bond acceptors (Lipinski definition) is 4. The minimum Gasteiger partial charge on any atom is -0.509 e. The molecule has 0 saturated carbocycles. The van der Waals surface area contributed by atoms with Gasteiger partial charge in [0.15, 0.2) is 5.69 Å². The molecule has 1 N–H and O–H groups in total. The summed E-state index contributed by atoms with van der Waals surface area (Å²) in [4.78, 5) is 16.9. The maximum atomic E-state index is 12.1. The molecule has 2 rings (SSSR count). The van der Waals surface area contributed by atoms with Crippen LogP contribution in [0.2, 0.25) is 0 Å². The molecule has 0 radical (unpaired) electrons. The highest BCUT2D eigenvalue weighted by Gasteiger charge is 2.26. The summed E-state index contributed by atoms with van der Waals surface area (Å²) in [6.07, 6.45) is -0.451. The highest BCUT2D eigenvalue weighted by molar-refractivity contribution is 5.69. The number of nitrogens with zero attached hydrogens (tertiary/aromatic N) is 2. The number of hydrogen-bond donors (Lipinski definition) is 1. The predicted molar refractivity (Wildman–Crippen MR) is 76.5 cm³/mol. The number of carbonyl (C=O) groups excluding carboxylic acids is 1. The fourth-order valence-corrected chi connectivity index (χ4v) is 1.99. The molecule has 0 fully saturated rings. The third-order valence-electron chi connectivity index (χ3n) is 2.92. The highest BCUT2D eigenvalue weighted by Crippen LogP contribution is 2.36. The van der Waals surface area contributed by atoms with Gasteiger partial charge < -0.3 is 19.5 Å². The Kier molecular flexibility index (Phi) is 3.94. The maximum absolute atomic E-state index is 12.1. The van der Waals surface area contributed by atoms with Gasteiger partial charge in [-0.2, -0.15) is 0 Å². The summed E-state index contributed by atoms with van der Waals surface area (Å²) in [6.45, 7) is 13.2. The summed E-state index contributed by atoms with van der Waals surface area (Å²) >= 11 is 0. The van der Waals surface area contributed by atoms with Gasteiger partial charge in [0.05, 0.1) is 25.2 Å². The summed E-state index contributed by atoms with van der Waals surface area (Å²) in [7, 11) is 0. The summed E-state index contributed by atoms with van der Waals surface area (Å²) in [6, 6.07) is 2.94. The molecular formula is C15H18N2O4. The third-order valence-corrected chi connectivity index (χ3v) is 2.92. The third kappa shape index (κ3) is 3.57. The second-order valence-electron chi connectivity index (χ2n) is 5.80. The van der Waals surface area contributed by atoms with Gasteiger partial charge in [0.2, 0.25) is 0 Å². The highest BCUT2D eigenvalue weighted by atomic mass is 16.6. The van der Waals surface area contributed by atoms with Gasteiger partial charge >= 0.3 is 6.09 Å². The van der Waals surface area contributed by atoms with Crippen LogP contribution in [0.3, 0.4) is 0 Å². The van der Waals surface area contributed by atoms with E-state index in [1.807, 2.05) is 0 Å². The molecule has 0 spiro atoms. The minimum absolute atomic E-state index is 0.0473. The number of rotatable bonds is 0. The molecule has 1 aliphatic heterocycles. The zero-order chi connectivity index (χ0) is 15.6. The van der Waals surface area contributed by atoms with Gasteiger partial charge in [-0.15, -0.1) is 0 Å². The maximum Gasteiger partial charge on any atom is 0.410 e. The average molecular weight is 290 g/mol. The largest absolute Gasteiger partial charge is 0.509 e. The van der Waals surface area contributed by atoms with Crippen LogP contribution in [0.5, 0.6) is 11.5 Å². The molecule has 0 atom stereocenters. The van der Waals surface area contributed by atoms with Crippen molar-refractivity contribution in [3.63, 3.8) is 0 Å². The Morgan fingerprint density at radius 1 is 1.48 bits per heavy atom. The number of amides is 1. The van der Waals surface area contributed by atoms with Crippen LogP contribution < -0.4 is 4.74 Å². The Morgan fingerprint density at radius 2 is 2.19 bits per heavy atom. The van der Waals surface area contributed by atoms with Crippen LogP contribution in [0, 0.1) is 6.57 Å². The standard InChI is InChI=1S/C15H18N2O4/c1-15(2,3)21-14(19)17-5-6-20-13-8-10(16-4)7-12(18)11(13)9-17/h7-8,18H,5-6,9H2,1-3H3. The first-order valence-electron chi connectivity index (χ1n) is 6.64. The zero-order valence-corrected chi connectivity index (χ0v) is 12.3. The minimum atomic E-state index is -0.580. The first-order chi connectivity index (χ1) is 9.80. The van der Waals surface area contributed by atoms with E-state index in [1.54, 1.807) is 26.8 Å². The normalized spacial score (nSPS) is 14.5. The molecule has 6 heteroatoms. The molecule has 112 valence electrons. The monoisotopic (exact) mass is 290 g/mol. The molecule has 0 aliphatic carbocycles. The van der Waals surface area contributed by atoms with E-state index in [-0.39, 0.29) is 18.9 Å². The van der Waals surface area contributed by atoms with Crippen molar-refractivity contribution in [2.45, 2.75) is 32.9 Å². The number of benzene rings is 1. The van der Waals surface area contributed by atoms with E-state index in [0.29, 0.717) is 23.5 Å². The number of aromatic hydroxyl groups is 1. The summed E-state index contributed by atoms with van der Waals surface area (Å²) in [5.41, 5.74) is 0.214. The van der Waals surface area contributed by atoms with Crippen LogP contribution in [0.25, 0.3) is 4.85 Å². The van der Waals surface area contributed by atoms with Gasteiger partial charge in [0, 0.05) is 0 Å². The van der Waals surface area contributed by atoms with Crippen molar-refractivity contribution in [1.29, 1.82) is 0 Å². The molecule has 0 aromatic heterocycles. The van der Waals surface area contributed by atoms with Crippen molar-refractivity contribution in [2.24, 2.45) is 0 Å². The first-order valence-corrected chi connectivity index (χ1v) is 6.64. The Bertz CT molecular complexity index is 599. The Balaban J connectivity index is 2.25. The fraction of sp³-hybridized carbons (Fsp3) is 0.467. The number of phenolic OH excluding ortho intramolecular Hbond substituents is 1. The quantitative estimate of drug-likeness (QED) is 0.746. The number of ether oxygens (including phenoxy) is 2. The van der Waals surface area contributed by atoms with E-state index in [9.17, 15) is 9.90 Å². The van der Waals surface area contributed by atoms with E-state index in [0.717, 1.165) is 0 Å². The van der Waals surface area contributed by atoms with Crippen LogP contribution in [0.15, 0.2) is 12.1 Å². The first kappa shape index (κ1) is 15.0. The number of fused-ring (bicyclic) bond motifs is 1. The molecule has 1 heterocycles. The topological polar surface area (TPSA) is 63.4 Å². The second-order valence-corrected chi connectivity index (χ2v) is 5.80. The lowest BCUT2D eigenvalue weighted by Gasteiger charge is -2.26. The van der Waals surface area contributed by atoms with Crippen LogP contribution in [-0.2, 0) is 11.3 Å². The van der Waals surface area contributed by atoms with Crippen molar-refractivity contribution in [3.8, 4) is 11.5 Å². The summed E-state index contributed by atoms with van der Waals surface area (Å²) in [5.74, 6) is 0.390. The van der Waals surface area contributed by atoms with Gasteiger partial charge in [0.25, 0.3) is 0 Å². The van der Waals surface area contributed by atoms with Crippen LogP contribution >= 0.6 is 0 Å². The van der Waals surface area contributed by atoms with Crippen LogP contribution in [-0.4, -0.2) is 34.9 Å². The van der Waals surface area contributed by atoms with Crippen LogP contribution in [0.4, 0.5) is 10.5 Å². The van der Waals surface area contributed by atoms with E-state index in [4.69, 9.17) is 16.0 Å². The molecular weight excluding hydrogens is 272 g/mol. The van der Waals surface area contributed by atoms with Gasteiger partial charge in [-0.25, -0.2) is 9.64 Å². The van der Waals surface area contributed by atoms with Crippen molar-refractivity contribution in [3.05, 3.63) is 29.1 Å². The van der Waals surface area contributed by atoms with E-state index in [2.05, 4.69) is 4.85 Å². The van der Waals surface area contributed by atoms with Gasteiger partial charge in [-0.3, -0.25) is 0 Å².